The summed E-state index contributed by atoms with van der Waals surface area (Å²) in [5.41, 5.74) is 15.5. The van der Waals surface area contributed by atoms with E-state index < -0.39 is 5.41 Å². The fraction of sp³-hybridized carbons (Fsp3) is 0.0182. The summed E-state index contributed by atoms with van der Waals surface area (Å²) < 4.78 is 0. The van der Waals surface area contributed by atoms with Crippen LogP contribution < -0.4 is 0 Å². The Morgan fingerprint density at radius 1 is 0.255 bits per heavy atom. The molecule has 0 heterocycles. The molecule has 0 fully saturated rings. The molecule has 252 valence electrons. The highest BCUT2D eigenvalue weighted by molar-refractivity contribution is 6.24. The van der Waals surface area contributed by atoms with E-state index in [9.17, 15) is 0 Å². The van der Waals surface area contributed by atoms with Gasteiger partial charge < -0.3 is 0 Å². The van der Waals surface area contributed by atoms with Gasteiger partial charge in [-0.3, -0.25) is 0 Å². The van der Waals surface area contributed by atoms with Gasteiger partial charge in [0.15, 0.2) is 0 Å². The van der Waals surface area contributed by atoms with Crippen molar-refractivity contribution in [3.8, 4) is 44.5 Å². The standard InChI is InChI=1S/C55H32/c1-2-15-41-33(11-1)12-10-19-45(41)53-42-28-27-36(39-30-37-25-23-34-13-9-14-35-24-26-38(31-39)52(37)51(34)35)29-40(42)32-50-54(53)46-18-5-8-22-49(46)55(50)47-20-6-3-16-43(47)44-17-4-7-21-48(44)55/h1-32H. The third-order valence-corrected chi connectivity index (χ3v) is 13.0. The topological polar surface area (TPSA) is 0 Å². The Kier molecular flexibility index (Phi) is 5.65. The first-order chi connectivity index (χ1) is 27.3. The Bertz CT molecular complexity index is 3320. The van der Waals surface area contributed by atoms with Crippen molar-refractivity contribution in [2.24, 2.45) is 0 Å². The second kappa shape index (κ2) is 10.6. The first-order valence-corrected chi connectivity index (χ1v) is 19.3. The van der Waals surface area contributed by atoms with Crippen molar-refractivity contribution in [3.63, 3.8) is 0 Å². The quantitative estimate of drug-likeness (QED) is 0.158. The Balaban J connectivity index is 1.16. The van der Waals surface area contributed by atoms with Crippen molar-refractivity contribution in [2.45, 2.75) is 5.41 Å². The molecular weight excluding hydrogens is 661 g/mol. The number of rotatable bonds is 2. The van der Waals surface area contributed by atoms with Crippen LogP contribution in [-0.2, 0) is 5.41 Å². The molecule has 0 bridgehead atoms. The lowest BCUT2D eigenvalue weighted by molar-refractivity contribution is 0.795. The van der Waals surface area contributed by atoms with Gasteiger partial charge in [-0.15, -0.1) is 0 Å². The van der Waals surface area contributed by atoms with Gasteiger partial charge in [0.1, 0.15) is 0 Å². The van der Waals surface area contributed by atoms with E-state index in [4.69, 9.17) is 0 Å². The molecule has 0 amide bonds. The molecule has 0 saturated heterocycles. The van der Waals surface area contributed by atoms with Crippen LogP contribution in [0.25, 0.3) is 98.4 Å². The fourth-order valence-corrected chi connectivity index (χ4v) is 10.8. The van der Waals surface area contributed by atoms with Crippen molar-refractivity contribution in [1.29, 1.82) is 0 Å². The normalized spacial score (nSPS) is 13.6. The Morgan fingerprint density at radius 3 is 1.49 bits per heavy atom. The molecule has 0 unspecified atom stereocenters. The highest BCUT2D eigenvalue weighted by Crippen LogP contribution is 2.65. The van der Waals surface area contributed by atoms with E-state index in [2.05, 4.69) is 194 Å². The second-order valence-electron chi connectivity index (χ2n) is 15.5. The summed E-state index contributed by atoms with van der Waals surface area (Å²) in [5.74, 6) is 0. The fourth-order valence-electron chi connectivity index (χ4n) is 10.8. The molecule has 0 nitrogen and oxygen atoms in total. The minimum absolute atomic E-state index is 0.431. The summed E-state index contributed by atoms with van der Waals surface area (Å²) >= 11 is 0. The first kappa shape index (κ1) is 29.4. The number of hydrogen-bond acceptors (Lipinski definition) is 0. The highest BCUT2D eigenvalue weighted by atomic mass is 14.5. The van der Waals surface area contributed by atoms with Crippen molar-refractivity contribution in [1.82, 2.24) is 0 Å². The molecule has 2 aliphatic rings. The maximum absolute atomic E-state index is 2.55. The number of hydrogen-bond donors (Lipinski definition) is 0. The molecule has 0 atom stereocenters. The van der Waals surface area contributed by atoms with Crippen molar-refractivity contribution in [2.75, 3.05) is 0 Å². The minimum atomic E-state index is -0.431. The van der Waals surface area contributed by atoms with E-state index >= 15 is 0 Å². The van der Waals surface area contributed by atoms with Gasteiger partial charge in [-0.05, 0) is 145 Å². The maximum atomic E-state index is 2.55. The summed E-state index contributed by atoms with van der Waals surface area (Å²) in [6.07, 6.45) is 0. The van der Waals surface area contributed by atoms with Gasteiger partial charge in [-0.2, -0.15) is 0 Å². The Hall–Kier alpha value is -7.02. The largest absolute Gasteiger partial charge is 0.0725 e. The third-order valence-electron chi connectivity index (χ3n) is 13.0. The van der Waals surface area contributed by atoms with Crippen LogP contribution in [0.15, 0.2) is 194 Å². The van der Waals surface area contributed by atoms with Crippen molar-refractivity contribution >= 4 is 53.9 Å². The molecular formula is C55H32. The zero-order valence-electron chi connectivity index (χ0n) is 30.0. The molecule has 11 aromatic carbocycles. The smallest absolute Gasteiger partial charge is 0.0619 e. The van der Waals surface area contributed by atoms with Crippen LogP contribution in [0.4, 0.5) is 0 Å². The van der Waals surface area contributed by atoms with Gasteiger partial charge >= 0.3 is 0 Å². The van der Waals surface area contributed by atoms with Gasteiger partial charge in [0.25, 0.3) is 0 Å². The van der Waals surface area contributed by atoms with Crippen LogP contribution in [0.2, 0.25) is 0 Å². The average molecular weight is 693 g/mol. The predicted octanol–water partition coefficient (Wildman–Crippen LogP) is 14.6. The summed E-state index contributed by atoms with van der Waals surface area (Å²) in [6, 6.07) is 73.5. The molecule has 55 heavy (non-hydrogen) atoms. The van der Waals surface area contributed by atoms with Crippen molar-refractivity contribution in [3.05, 3.63) is 216 Å². The highest BCUT2D eigenvalue weighted by Gasteiger charge is 2.52. The van der Waals surface area contributed by atoms with Crippen LogP contribution in [-0.4, -0.2) is 0 Å². The summed E-state index contributed by atoms with van der Waals surface area (Å²) in [7, 11) is 0. The lowest BCUT2D eigenvalue weighted by Gasteiger charge is -2.31. The zero-order valence-corrected chi connectivity index (χ0v) is 30.0. The number of fused-ring (bicyclic) bond motifs is 12. The minimum Gasteiger partial charge on any atom is -0.0619 e. The second-order valence-corrected chi connectivity index (χ2v) is 15.5. The molecule has 0 aliphatic heterocycles. The monoisotopic (exact) mass is 692 g/mol. The van der Waals surface area contributed by atoms with Crippen LogP contribution in [0.1, 0.15) is 22.3 Å². The third kappa shape index (κ3) is 3.71. The maximum Gasteiger partial charge on any atom is 0.0725 e. The van der Waals surface area contributed by atoms with E-state index in [0.29, 0.717) is 0 Å². The van der Waals surface area contributed by atoms with Crippen LogP contribution in [0.5, 0.6) is 0 Å². The zero-order chi connectivity index (χ0) is 35.8. The summed E-state index contributed by atoms with van der Waals surface area (Å²) in [5, 5.41) is 13.0. The molecule has 11 aromatic rings. The van der Waals surface area contributed by atoms with E-state index in [1.54, 1.807) is 0 Å². The van der Waals surface area contributed by atoms with Gasteiger partial charge in [0.05, 0.1) is 5.41 Å². The van der Waals surface area contributed by atoms with E-state index in [-0.39, 0.29) is 0 Å². The van der Waals surface area contributed by atoms with E-state index in [0.717, 1.165) is 0 Å². The molecule has 0 heteroatoms. The van der Waals surface area contributed by atoms with Crippen molar-refractivity contribution < 1.29 is 0 Å². The Labute approximate surface area is 318 Å². The first-order valence-electron chi connectivity index (χ1n) is 19.3. The molecule has 2 aliphatic carbocycles. The lowest BCUT2D eigenvalue weighted by atomic mass is 9.70. The molecule has 1 spiro atoms. The van der Waals surface area contributed by atoms with Gasteiger partial charge in [0, 0.05) is 0 Å². The van der Waals surface area contributed by atoms with Crippen LogP contribution in [0, 0.1) is 0 Å². The van der Waals surface area contributed by atoms with E-state index in [1.807, 2.05) is 0 Å². The molecule has 0 N–H and O–H groups in total. The van der Waals surface area contributed by atoms with E-state index in [1.165, 1.54) is 121 Å². The number of benzene rings is 11. The lowest BCUT2D eigenvalue weighted by Crippen LogP contribution is -2.25. The summed E-state index contributed by atoms with van der Waals surface area (Å²) in [4.78, 5) is 0. The molecule has 0 radical (unpaired) electrons. The molecule has 0 saturated carbocycles. The van der Waals surface area contributed by atoms with Crippen LogP contribution >= 0.6 is 0 Å². The summed E-state index contributed by atoms with van der Waals surface area (Å²) in [6.45, 7) is 0. The van der Waals surface area contributed by atoms with Gasteiger partial charge in [-0.1, -0.05) is 170 Å². The van der Waals surface area contributed by atoms with Gasteiger partial charge in [-0.25, -0.2) is 0 Å². The SMILES string of the molecule is c1ccc2c(c1)-c1ccccc1C21c2ccccc2-c2c1cc1cc(-c3cc4ccc5cccc6ccc(c3)c4c56)ccc1c2-c1cccc2ccccc12. The van der Waals surface area contributed by atoms with Crippen LogP contribution in [0.3, 0.4) is 0 Å². The average Bonchev–Trinajstić information content (AvgIpc) is 3.71. The molecule has 0 aromatic heterocycles. The molecule has 13 rings (SSSR count). The predicted molar refractivity (Wildman–Crippen MR) is 232 cm³/mol. The van der Waals surface area contributed by atoms with Gasteiger partial charge in [0.2, 0.25) is 0 Å². The Morgan fingerprint density at radius 2 is 0.764 bits per heavy atom.